The van der Waals surface area contributed by atoms with Crippen molar-refractivity contribution in [1.82, 2.24) is 9.88 Å². The summed E-state index contributed by atoms with van der Waals surface area (Å²) < 4.78 is 10.7. The molecule has 1 aromatic heterocycles. The molecule has 0 radical (unpaired) electrons. The Balaban J connectivity index is 1.97. The number of benzene rings is 1. The Morgan fingerprint density at radius 3 is 2.39 bits per heavy atom. The molecule has 7 heteroatoms. The molecule has 7 nitrogen and oxygen atoms in total. The molecule has 0 unspecified atom stereocenters. The van der Waals surface area contributed by atoms with Crippen LogP contribution in [0.5, 0.6) is 11.5 Å². The van der Waals surface area contributed by atoms with Gasteiger partial charge in [0, 0.05) is 49.5 Å². The van der Waals surface area contributed by atoms with Crippen LogP contribution in [-0.4, -0.2) is 61.5 Å². The first-order valence-corrected chi connectivity index (χ1v) is 7.37. The second-order valence-corrected chi connectivity index (χ2v) is 5.31. The molecule has 23 heavy (non-hydrogen) atoms. The summed E-state index contributed by atoms with van der Waals surface area (Å²) >= 11 is 0. The van der Waals surface area contributed by atoms with Crippen LogP contribution >= 0.6 is 0 Å². The topological polar surface area (TPSA) is 75.1 Å². The quantitative estimate of drug-likeness (QED) is 0.934. The molecule has 0 atom stereocenters. The highest BCUT2D eigenvalue weighted by Gasteiger charge is 2.22. The average molecular weight is 317 g/mol. The number of aromatic nitrogens is 1. The van der Waals surface area contributed by atoms with Gasteiger partial charge < -0.3 is 24.4 Å². The third-order valence-electron chi connectivity index (χ3n) is 4.11. The van der Waals surface area contributed by atoms with E-state index in [1.54, 1.807) is 20.4 Å². The Labute approximate surface area is 134 Å². The molecular formula is C16H19N3O4. The molecular weight excluding hydrogens is 298 g/mol. The van der Waals surface area contributed by atoms with Crippen molar-refractivity contribution in [2.24, 2.45) is 0 Å². The second kappa shape index (κ2) is 6.20. The van der Waals surface area contributed by atoms with Gasteiger partial charge in [0.25, 0.3) is 0 Å². The first-order valence-electron chi connectivity index (χ1n) is 7.37. The minimum Gasteiger partial charge on any atom is -0.493 e. The van der Waals surface area contributed by atoms with E-state index in [1.807, 2.05) is 18.2 Å². The number of fused-ring (bicyclic) bond motifs is 1. The molecule has 3 rings (SSSR count). The van der Waals surface area contributed by atoms with Crippen LogP contribution < -0.4 is 14.4 Å². The zero-order valence-corrected chi connectivity index (χ0v) is 13.2. The Morgan fingerprint density at radius 2 is 1.78 bits per heavy atom. The first kappa shape index (κ1) is 15.2. The highest BCUT2D eigenvalue weighted by molar-refractivity contribution is 5.94. The minimum absolute atomic E-state index is 0.492. The lowest BCUT2D eigenvalue weighted by molar-refractivity contribution is 0.142. The number of methoxy groups -OCH3 is 2. The summed E-state index contributed by atoms with van der Waals surface area (Å²) in [5.41, 5.74) is 1.85. The zero-order chi connectivity index (χ0) is 16.4. The smallest absolute Gasteiger partial charge is 0.407 e. The number of hydrogen-bond donors (Lipinski definition) is 1. The number of pyridine rings is 1. The highest BCUT2D eigenvalue weighted by Crippen LogP contribution is 2.35. The van der Waals surface area contributed by atoms with E-state index in [1.165, 1.54) is 4.90 Å². The summed E-state index contributed by atoms with van der Waals surface area (Å²) in [4.78, 5) is 19.0. The van der Waals surface area contributed by atoms with Crippen LogP contribution in [0.2, 0.25) is 0 Å². The van der Waals surface area contributed by atoms with Crippen molar-refractivity contribution in [2.75, 3.05) is 45.3 Å². The first-order chi connectivity index (χ1) is 11.1. The summed E-state index contributed by atoms with van der Waals surface area (Å²) in [7, 11) is 3.20. The molecule has 2 heterocycles. The minimum atomic E-state index is -0.865. The zero-order valence-electron chi connectivity index (χ0n) is 13.2. The maximum Gasteiger partial charge on any atom is 0.407 e. The number of nitrogens with zero attached hydrogens (tertiary/aromatic N) is 3. The molecule has 1 aliphatic heterocycles. The standard InChI is InChI=1S/C16H19N3O4/c1-22-14-9-11-12(10-15(14)23-2)17-4-3-13(11)18-5-7-19(8-6-18)16(20)21/h3-4,9-10H,5-8H2,1-2H3,(H,20,21). The summed E-state index contributed by atoms with van der Waals surface area (Å²) in [6.45, 7) is 2.29. The molecule has 0 bridgehead atoms. The van der Waals surface area contributed by atoms with Gasteiger partial charge in [0.15, 0.2) is 11.5 Å². The van der Waals surface area contributed by atoms with Crippen LogP contribution in [-0.2, 0) is 0 Å². The van der Waals surface area contributed by atoms with E-state index in [2.05, 4.69) is 9.88 Å². The van der Waals surface area contributed by atoms with Gasteiger partial charge in [0.2, 0.25) is 0 Å². The number of hydrogen-bond acceptors (Lipinski definition) is 5. The lowest BCUT2D eigenvalue weighted by Gasteiger charge is -2.35. The van der Waals surface area contributed by atoms with Gasteiger partial charge in [-0.3, -0.25) is 4.98 Å². The van der Waals surface area contributed by atoms with Crippen LogP contribution in [0.25, 0.3) is 10.9 Å². The second-order valence-electron chi connectivity index (χ2n) is 5.31. The van der Waals surface area contributed by atoms with Crippen molar-refractivity contribution in [3.8, 4) is 11.5 Å². The van der Waals surface area contributed by atoms with E-state index < -0.39 is 6.09 Å². The molecule has 0 aliphatic carbocycles. The number of piperazine rings is 1. The van der Waals surface area contributed by atoms with Crippen LogP contribution in [0.3, 0.4) is 0 Å². The molecule has 0 spiro atoms. The number of rotatable bonds is 3. The summed E-state index contributed by atoms with van der Waals surface area (Å²) in [6.07, 6.45) is 0.892. The van der Waals surface area contributed by atoms with Crippen molar-refractivity contribution >= 4 is 22.7 Å². The normalized spacial score (nSPS) is 14.9. The predicted molar refractivity (Wildman–Crippen MR) is 86.7 cm³/mol. The summed E-state index contributed by atoms with van der Waals surface area (Å²) in [5, 5.41) is 10.0. The molecule has 1 saturated heterocycles. The summed E-state index contributed by atoms with van der Waals surface area (Å²) in [5.74, 6) is 1.29. The SMILES string of the molecule is COc1cc2nccc(N3CCN(C(=O)O)CC3)c2cc1OC. The fourth-order valence-corrected chi connectivity index (χ4v) is 2.87. The van der Waals surface area contributed by atoms with Gasteiger partial charge >= 0.3 is 6.09 Å². The summed E-state index contributed by atoms with van der Waals surface area (Å²) in [6, 6.07) is 5.72. The molecule has 1 amide bonds. The van der Waals surface area contributed by atoms with Gasteiger partial charge in [0.1, 0.15) is 0 Å². The van der Waals surface area contributed by atoms with E-state index >= 15 is 0 Å². The van der Waals surface area contributed by atoms with Gasteiger partial charge in [-0.2, -0.15) is 0 Å². The molecule has 1 aromatic carbocycles. The largest absolute Gasteiger partial charge is 0.493 e. The molecule has 122 valence electrons. The van der Waals surface area contributed by atoms with Crippen molar-refractivity contribution < 1.29 is 19.4 Å². The number of ether oxygens (including phenoxy) is 2. The predicted octanol–water partition coefficient (Wildman–Crippen LogP) is 2.05. The number of carboxylic acid groups (broad SMARTS) is 1. The molecule has 1 N–H and O–H groups in total. The van der Waals surface area contributed by atoms with Gasteiger partial charge in [-0.15, -0.1) is 0 Å². The molecule has 1 aliphatic rings. The van der Waals surface area contributed by atoms with Gasteiger partial charge in [-0.05, 0) is 12.1 Å². The Bertz CT molecular complexity index is 727. The molecule has 1 fully saturated rings. The Kier molecular flexibility index (Phi) is 4.10. The van der Waals surface area contributed by atoms with Crippen molar-refractivity contribution in [2.45, 2.75) is 0 Å². The monoisotopic (exact) mass is 317 g/mol. The van der Waals surface area contributed by atoms with E-state index in [9.17, 15) is 4.79 Å². The lowest BCUT2D eigenvalue weighted by Crippen LogP contribution is -2.48. The lowest BCUT2D eigenvalue weighted by atomic mass is 10.1. The maximum absolute atomic E-state index is 11.0. The fraction of sp³-hybridized carbons (Fsp3) is 0.375. The number of anilines is 1. The number of carbonyl (C=O) groups is 1. The molecule has 0 saturated carbocycles. The molecule has 2 aromatic rings. The van der Waals surface area contributed by atoms with Gasteiger partial charge in [-0.1, -0.05) is 0 Å². The maximum atomic E-state index is 11.0. The Hall–Kier alpha value is -2.70. The van der Waals surface area contributed by atoms with Crippen LogP contribution in [0.1, 0.15) is 0 Å². The van der Waals surface area contributed by atoms with E-state index in [-0.39, 0.29) is 0 Å². The Morgan fingerprint density at radius 1 is 1.13 bits per heavy atom. The van der Waals surface area contributed by atoms with Crippen molar-refractivity contribution in [1.29, 1.82) is 0 Å². The van der Waals surface area contributed by atoms with E-state index in [0.29, 0.717) is 37.7 Å². The van der Waals surface area contributed by atoms with Gasteiger partial charge in [-0.25, -0.2) is 4.79 Å². The van der Waals surface area contributed by atoms with Gasteiger partial charge in [0.05, 0.1) is 19.7 Å². The van der Waals surface area contributed by atoms with Crippen LogP contribution in [0, 0.1) is 0 Å². The van der Waals surface area contributed by atoms with E-state index in [0.717, 1.165) is 16.6 Å². The average Bonchev–Trinajstić information content (AvgIpc) is 2.60. The van der Waals surface area contributed by atoms with E-state index in [4.69, 9.17) is 14.6 Å². The van der Waals surface area contributed by atoms with Crippen molar-refractivity contribution in [3.63, 3.8) is 0 Å². The van der Waals surface area contributed by atoms with Crippen LogP contribution in [0.15, 0.2) is 24.4 Å². The third-order valence-corrected chi connectivity index (χ3v) is 4.11. The third kappa shape index (κ3) is 2.81. The fourth-order valence-electron chi connectivity index (χ4n) is 2.87. The van der Waals surface area contributed by atoms with Crippen LogP contribution in [0.4, 0.5) is 10.5 Å². The number of amides is 1. The van der Waals surface area contributed by atoms with Crippen molar-refractivity contribution in [3.05, 3.63) is 24.4 Å². The highest BCUT2D eigenvalue weighted by atomic mass is 16.5.